The quantitative estimate of drug-likeness (QED) is 0.423. The molecule has 32 heavy (non-hydrogen) atoms. The zero-order valence-corrected chi connectivity index (χ0v) is 17.5. The average molecular weight is 441 g/mol. The molecule has 0 amide bonds. The molecule has 2 fully saturated rings. The summed E-state index contributed by atoms with van der Waals surface area (Å²) in [4.78, 5) is 13.1. The van der Waals surface area contributed by atoms with Gasteiger partial charge in [-0.15, -0.1) is 0 Å². The van der Waals surface area contributed by atoms with E-state index in [4.69, 9.17) is 9.47 Å². The molecule has 1 saturated heterocycles. The third-order valence-electron chi connectivity index (χ3n) is 6.23. The van der Waals surface area contributed by atoms with E-state index in [-0.39, 0.29) is 12.1 Å². The van der Waals surface area contributed by atoms with Gasteiger partial charge in [-0.25, -0.2) is 15.0 Å². The first-order chi connectivity index (χ1) is 15.7. The zero-order valence-electron chi connectivity index (χ0n) is 17.5. The summed E-state index contributed by atoms with van der Waals surface area (Å²) in [6, 6.07) is 10.2. The van der Waals surface area contributed by atoms with Crippen LogP contribution in [0.4, 0.5) is 5.82 Å². The summed E-state index contributed by atoms with van der Waals surface area (Å²) in [7, 11) is 0. The maximum atomic E-state index is 10.4. The Morgan fingerprint density at radius 2 is 1.94 bits per heavy atom. The second-order valence-corrected chi connectivity index (χ2v) is 8.29. The molecule has 10 heteroatoms. The van der Waals surface area contributed by atoms with Crippen molar-refractivity contribution in [3.05, 3.63) is 48.5 Å². The van der Waals surface area contributed by atoms with Crippen molar-refractivity contribution in [3.63, 3.8) is 0 Å². The highest BCUT2D eigenvalue weighted by Crippen LogP contribution is 2.33. The van der Waals surface area contributed by atoms with E-state index in [1.807, 2.05) is 18.2 Å². The fourth-order valence-electron chi connectivity index (χ4n) is 4.50. The Hall–Kier alpha value is -2.63. The lowest BCUT2D eigenvalue weighted by Gasteiger charge is -2.22. The van der Waals surface area contributed by atoms with E-state index in [0.717, 1.165) is 24.8 Å². The second-order valence-electron chi connectivity index (χ2n) is 8.29. The van der Waals surface area contributed by atoms with Gasteiger partial charge in [0.1, 0.15) is 24.6 Å². The van der Waals surface area contributed by atoms with E-state index in [9.17, 15) is 15.3 Å². The number of imidazole rings is 1. The first kappa shape index (κ1) is 21.2. The normalized spacial score (nSPS) is 30.2. The minimum Gasteiger partial charge on any atom is -0.394 e. The molecule has 2 aliphatic rings. The summed E-state index contributed by atoms with van der Waals surface area (Å²) in [5, 5.41) is 33.3. The first-order valence-corrected chi connectivity index (χ1v) is 10.9. The van der Waals surface area contributed by atoms with Crippen molar-refractivity contribution in [1.29, 1.82) is 0 Å². The van der Waals surface area contributed by atoms with Crippen LogP contribution >= 0.6 is 0 Å². The maximum Gasteiger partial charge on any atom is 0.167 e. The van der Waals surface area contributed by atoms with Crippen LogP contribution in [0.15, 0.2) is 43.0 Å². The maximum absolute atomic E-state index is 10.4. The van der Waals surface area contributed by atoms with Gasteiger partial charge in [0.15, 0.2) is 23.2 Å². The number of aliphatic hydroxyl groups is 3. The van der Waals surface area contributed by atoms with Crippen molar-refractivity contribution >= 4 is 17.0 Å². The SMILES string of the molecule is OC[C@H]1O[C@@H](n2cnc3c(N[C@H]4CCC[C@@H]4OCc4ccccc4)ncnc32)[C@H](O)[C@@H]1O. The van der Waals surface area contributed by atoms with Gasteiger partial charge < -0.3 is 30.1 Å². The molecule has 3 heterocycles. The number of ether oxygens (including phenoxy) is 2. The molecule has 3 aromatic rings. The Morgan fingerprint density at radius 1 is 1.09 bits per heavy atom. The van der Waals surface area contributed by atoms with E-state index in [0.29, 0.717) is 23.6 Å². The van der Waals surface area contributed by atoms with Crippen molar-refractivity contribution in [2.75, 3.05) is 11.9 Å². The Balaban J connectivity index is 1.33. The van der Waals surface area contributed by atoms with Crippen LogP contribution in [0.25, 0.3) is 11.2 Å². The minimum absolute atomic E-state index is 0.0581. The van der Waals surface area contributed by atoms with Gasteiger partial charge in [0, 0.05) is 0 Å². The van der Waals surface area contributed by atoms with Gasteiger partial charge >= 0.3 is 0 Å². The Bertz CT molecular complexity index is 1050. The molecule has 2 aromatic heterocycles. The van der Waals surface area contributed by atoms with Gasteiger partial charge in [-0.2, -0.15) is 0 Å². The van der Waals surface area contributed by atoms with Crippen LogP contribution in [-0.2, 0) is 16.1 Å². The fraction of sp³-hybridized carbons (Fsp3) is 0.500. The Labute approximate surface area is 184 Å². The largest absolute Gasteiger partial charge is 0.394 e. The van der Waals surface area contributed by atoms with Crippen molar-refractivity contribution in [3.8, 4) is 0 Å². The van der Waals surface area contributed by atoms with Crippen LogP contribution in [0.3, 0.4) is 0 Å². The van der Waals surface area contributed by atoms with Gasteiger partial charge in [0.2, 0.25) is 0 Å². The number of hydrogen-bond donors (Lipinski definition) is 4. The smallest absolute Gasteiger partial charge is 0.167 e. The number of nitrogens with one attached hydrogen (secondary N) is 1. The van der Waals surface area contributed by atoms with Crippen molar-refractivity contribution in [2.45, 2.75) is 62.6 Å². The Morgan fingerprint density at radius 3 is 2.72 bits per heavy atom. The summed E-state index contributed by atoms with van der Waals surface area (Å²) in [6.45, 7) is 0.165. The topological polar surface area (TPSA) is 135 Å². The van der Waals surface area contributed by atoms with E-state index in [1.165, 1.54) is 12.7 Å². The molecule has 0 radical (unpaired) electrons. The van der Waals surface area contributed by atoms with Gasteiger partial charge in [-0.3, -0.25) is 4.57 Å². The molecule has 0 spiro atoms. The van der Waals surface area contributed by atoms with Crippen LogP contribution in [0, 0.1) is 0 Å². The van der Waals surface area contributed by atoms with Gasteiger partial charge in [0.25, 0.3) is 0 Å². The van der Waals surface area contributed by atoms with E-state index >= 15 is 0 Å². The lowest BCUT2D eigenvalue weighted by molar-refractivity contribution is -0.0511. The van der Waals surface area contributed by atoms with Crippen LogP contribution in [0.5, 0.6) is 0 Å². The van der Waals surface area contributed by atoms with Crippen LogP contribution in [0.1, 0.15) is 31.1 Å². The number of nitrogens with zero attached hydrogens (tertiary/aromatic N) is 4. The van der Waals surface area contributed by atoms with Crippen molar-refractivity contribution in [1.82, 2.24) is 19.5 Å². The van der Waals surface area contributed by atoms with Gasteiger partial charge in [-0.1, -0.05) is 30.3 Å². The Kier molecular flexibility index (Phi) is 6.03. The highest BCUT2D eigenvalue weighted by atomic mass is 16.6. The third kappa shape index (κ3) is 3.96. The van der Waals surface area contributed by atoms with Gasteiger partial charge in [0.05, 0.1) is 31.7 Å². The summed E-state index contributed by atoms with van der Waals surface area (Å²) in [5.74, 6) is 0.584. The molecule has 0 bridgehead atoms. The summed E-state index contributed by atoms with van der Waals surface area (Å²) in [6.07, 6.45) is 1.81. The number of rotatable bonds is 7. The lowest BCUT2D eigenvalue weighted by Crippen LogP contribution is -2.33. The number of anilines is 1. The highest BCUT2D eigenvalue weighted by Gasteiger charge is 2.44. The first-order valence-electron chi connectivity index (χ1n) is 10.9. The molecule has 10 nitrogen and oxygen atoms in total. The molecular formula is C22H27N5O5. The van der Waals surface area contributed by atoms with E-state index < -0.39 is 31.1 Å². The molecule has 170 valence electrons. The zero-order chi connectivity index (χ0) is 22.1. The van der Waals surface area contributed by atoms with E-state index in [2.05, 4.69) is 32.4 Å². The predicted octanol–water partition coefficient (Wildman–Crippen LogP) is 0.988. The molecular weight excluding hydrogens is 414 g/mol. The predicted molar refractivity (Wildman–Crippen MR) is 115 cm³/mol. The molecule has 1 saturated carbocycles. The van der Waals surface area contributed by atoms with Crippen molar-refractivity contribution < 1.29 is 24.8 Å². The van der Waals surface area contributed by atoms with Crippen LogP contribution in [-0.4, -0.2) is 71.9 Å². The molecule has 1 aliphatic carbocycles. The lowest BCUT2D eigenvalue weighted by atomic mass is 10.1. The number of aromatic nitrogens is 4. The second kappa shape index (κ2) is 9.08. The standard InChI is InChI=1S/C22H27N5O5/c28-9-16-18(29)19(30)22(32-16)27-12-25-17-20(23-11-24-21(17)27)26-14-7-4-8-15(14)31-10-13-5-2-1-3-6-13/h1-3,5-6,11-12,14-16,18-19,22,28-30H,4,7-10H2,(H,23,24,26)/t14-,15-,16+,18+,19+,22+/m0/s1. The molecule has 1 aliphatic heterocycles. The molecule has 4 N–H and O–H groups in total. The number of hydrogen-bond acceptors (Lipinski definition) is 9. The summed E-state index contributed by atoms with van der Waals surface area (Å²) in [5.41, 5.74) is 2.15. The van der Waals surface area contributed by atoms with Gasteiger partial charge in [-0.05, 0) is 24.8 Å². The number of aliphatic hydroxyl groups excluding tert-OH is 3. The summed E-state index contributed by atoms with van der Waals surface area (Å²) < 4.78 is 13.4. The molecule has 0 unspecified atom stereocenters. The number of benzene rings is 1. The minimum atomic E-state index is -1.21. The monoisotopic (exact) mass is 441 g/mol. The number of fused-ring (bicyclic) bond motifs is 1. The van der Waals surface area contributed by atoms with Crippen LogP contribution < -0.4 is 5.32 Å². The molecule has 1 aromatic carbocycles. The average Bonchev–Trinajstić information content (AvgIpc) is 3.52. The van der Waals surface area contributed by atoms with Crippen molar-refractivity contribution in [2.24, 2.45) is 0 Å². The third-order valence-corrected chi connectivity index (χ3v) is 6.23. The molecule has 6 atom stereocenters. The van der Waals surface area contributed by atoms with Crippen LogP contribution in [0.2, 0.25) is 0 Å². The highest BCUT2D eigenvalue weighted by molar-refractivity contribution is 5.82. The fourth-order valence-corrected chi connectivity index (χ4v) is 4.50. The van der Waals surface area contributed by atoms with E-state index in [1.54, 1.807) is 4.57 Å². The molecule has 5 rings (SSSR count). The summed E-state index contributed by atoms with van der Waals surface area (Å²) >= 11 is 0.